The number of carbonyl (C=O) groups excluding carboxylic acids is 1. The normalized spacial score (nSPS) is 18.1. The van der Waals surface area contributed by atoms with Crippen molar-refractivity contribution in [1.29, 1.82) is 5.41 Å². The molecule has 1 atom stereocenters. The van der Waals surface area contributed by atoms with Crippen molar-refractivity contribution in [3.8, 4) is 5.75 Å². The lowest BCUT2D eigenvalue weighted by Gasteiger charge is -2.26. The van der Waals surface area contributed by atoms with Gasteiger partial charge in [-0.2, -0.15) is 0 Å². The number of amides is 1. The topological polar surface area (TPSA) is 164 Å². The predicted octanol–water partition coefficient (Wildman–Crippen LogP) is 2.26. The maximum Gasteiger partial charge on any atom is 0.330 e. The highest BCUT2D eigenvalue weighted by Crippen LogP contribution is 2.22. The number of nitrogens with one attached hydrogen (secondary N) is 3. The maximum atomic E-state index is 12.3. The van der Waals surface area contributed by atoms with E-state index in [4.69, 9.17) is 21.6 Å². The average molecular weight is 470 g/mol. The zero-order valence-electron chi connectivity index (χ0n) is 19.7. The molecule has 0 radical (unpaired) electrons. The molecule has 2 aromatic rings. The molecule has 1 aliphatic carbocycles. The fourth-order valence-corrected chi connectivity index (χ4v) is 3.81. The smallest absolute Gasteiger partial charge is 0.330 e. The molecule has 0 spiro atoms. The number of nitrogen functional groups attached to an aromatic ring is 1. The van der Waals surface area contributed by atoms with E-state index in [1.165, 1.54) is 44.9 Å². The molecule has 0 heterocycles. The monoisotopic (exact) mass is 469 g/mol. The second-order valence-corrected chi connectivity index (χ2v) is 8.25. The van der Waals surface area contributed by atoms with Gasteiger partial charge in [0.05, 0.1) is 7.11 Å². The van der Waals surface area contributed by atoms with Gasteiger partial charge in [-0.3, -0.25) is 10.2 Å². The Morgan fingerprint density at radius 3 is 2.24 bits per heavy atom. The molecule has 184 valence electrons. The van der Waals surface area contributed by atoms with Gasteiger partial charge in [-0.1, -0.05) is 24.3 Å². The number of ether oxygens (including phenoxy) is 1. The fourth-order valence-electron chi connectivity index (χ4n) is 3.81. The summed E-state index contributed by atoms with van der Waals surface area (Å²) in [4.78, 5) is 23.8. The van der Waals surface area contributed by atoms with Crippen LogP contribution in [0.25, 0.3) is 0 Å². The molecule has 1 amide bonds. The number of carboxylic acid groups (broad SMARTS) is 1. The molecule has 1 unspecified atom stereocenters. The zero-order chi connectivity index (χ0) is 25.1. The molecule has 2 aromatic carbocycles. The summed E-state index contributed by atoms with van der Waals surface area (Å²) in [6.07, 6.45) is 5.28. The van der Waals surface area contributed by atoms with E-state index in [2.05, 4.69) is 10.6 Å². The fraction of sp³-hybridized carbons (Fsp3) is 0.400. The third-order valence-corrected chi connectivity index (χ3v) is 6.00. The molecular weight excluding hydrogens is 434 g/mol. The second-order valence-electron chi connectivity index (χ2n) is 8.25. The molecular formula is C25H35N5O4. The van der Waals surface area contributed by atoms with Crippen molar-refractivity contribution < 1.29 is 19.4 Å². The van der Waals surface area contributed by atoms with Gasteiger partial charge < -0.3 is 31.9 Å². The van der Waals surface area contributed by atoms with Crippen LogP contribution in [0.1, 0.15) is 53.2 Å². The number of hydrogen-bond acceptors (Lipinski definition) is 6. The lowest BCUT2D eigenvalue weighted by atomic mass is 9.86. The summed E-state index contributed by atoms with van der Waals surface area (Å²) in [5.74, 6) is -0.528. The molecule has 3 rings (SSSR count). The van der Waals surface area contributed by atoms with Crippen LogP contribution in [-0.2, 0) is 4.79 Å². The first kappa shape index (κ1) is 26.8. The molecule has 0 aliphatic heterocycles. The summed E-state index contributed by atoms with van der Waals surface area (Å²) < 4.78 is 5.03. The number of benzene rings is 2. The van der Waals surface area contributed by atoms with Gasteiger partial charge in [-0.25, -0.2) is 4.79 Å². The maximum absolute atomic E-state index is 12.3. The zero-order valence-corrected chi connectivity index (χ0v) is 19.7. The van der Waals surface area contributed by atoms with Gasteiger partial charge in [-0.15, -0.1) is 0 Å². The van der Waals surface area contributed by atoms with E-state index < -0.39 is 17.9 Å². The van der Waals surface area contributed by atoms with Gasteiger partial charge in [0.15, 0.2) is 6.04 Å². The van der Waals surface area contributed by atoms with Crippen LogP contribution in [0.3, 0.4) is 0 Å². The van der Waals surface area contributed by atoms with Crippen LogP contribution in [0.2, 0.25) is 0 Å². The number of carboxylic acids is 1. The van der Waals surface area contributed by atoms with E-state index in [-0.39, 0.29) is 11.4 Å². The quantitative estimate of drug-likeness (QED) is 0.255. The number of methoxy groups -OCH3 is 1. The van der Waals surface area contributed by atoms with E-state index in [1.54, 1.807) is 36.4 Å². The molecule has 0 aromatic heterocycles. The van der Waals surface area contributed by atoms with E-state index in [9.17, 15) is 14.7 Å². The summed E-state index contributed by atoms with van der Waals surface area (Å²) in [7, 11) is 3.56. The number of carbonyl (C=O) groups is 2. The average Bonchev–Trinajstić information content (AvgIpc) is 2.87. The van der Waals surface area contributed by atoms with Crippen LogP contribution in [0.4, 0.5) is 0 Å². The molecule has 1 saturated carbocycles. The number of rotatable bonds is 8. The minimum atomic E-state index is -1.20. The number of nitrogens with two attached hydrogens (primary N) is 2. The van der Waals surface area contributed by atoms with Crippen molar-refractivity contribution >= 4 is 17.7 Å². The SMILES string of the molecule is CNC1CCC(CN)CC1.COc1ccc(C(NC(=O)c2cccc(C(=N)N)c2)C(=O)O)cc1. The lowest BCUT2D eigenvalue weighted by Crippen LogP contribution is -2.33. The number of amidine groups is 1. The Bertz CT molecular complexity index is 944. The van der Waals surface area contributed by atoms with E-state index in [1.807, 2.05) is 7.05 Å². The predicted molar refractivity (Wildman–Crippen MR) is 132 cm³/mol. The summed E-state index contributed by atoms with van der Waals surface area (Å²) in [5, 5.41) is 22.6. The summed E-state index contributed by atoms with van der Waals surface area (Å²) in [6.45, 7) is 0.885. The summed E-state index contributed by atoms with van der Waals surface area (Å²) in [6, 6.07) is 12.1. The van der Waals surface area contributed by atoms with Crippen LogP contribution >= 0.6 is 0 Å². The molecule has 0 saturated heterocycles. The molecule has 1 fully saturated rings. The Balaban J connectivity index is 0.000000340. The van der Waals surface area contributed by atoms with Gasteiger partial charge in [0, 0.05) is 17.2 Å². The van der Waals surface area contributed by atoms with Crippen molar-refractivity contribution in [2.75, 3.05) is 20.7 Å². The standard InChI is InChI=1S/C17H17N3O4.C8H18N2/c1-24-13-7-5-10(6-8-13)14(17(22)23)20-16(21)12-4-2-3-11(9-12)15(18)19;1-10-8-4-2-7(6-9)3-5-8/h2-9,14H,1H3,(H3,18,19)(H,20,21)(H,22,23);7-8,10H,2-6,9H2,1H3. The minimum absolute atomic E-state index is 0.172. The Morgan fingerprint density at radius 1 is 1.12 bits per heavy atom. The third kappa shape index (κ3) is 7.86. The second kappa shape index (κ2) is 13.3. The van der Waals surface area contributed by atoms with E-state index >= 15 is 0 Å². The Hall–Kier alpha value is -3.43. The highest BCUT2D eigenvalue weighted by molar-refractivity contribution is 6.01. The van der Waals surface area contributed by atoms with Gasteiger partial charge in [0.2, 0.25) is 0 Å². The molecule has 9 nitrogen and oxygen atoms in total. The highest BCUT2D eigenvalue weighted by Gasteiger charge is 2.23. The largest absolute Gasteiger partial charge is 0.497 e. The van der Waals surface area contributed by atoms with Crippen molar-refractivity contribution in [3.63, 3.8) is 0 Å². The van der Waals surface area contributed by atoms with E-state index in [0.29, 0.717) is 16.9 Å². The summed E-state index contributed by atoms with van der Waals surface area (Å²) >= 11 is 0. The van der Waals surface area contributed by atoms with Crippen LogP contribution in [0.15, 0.2) is 48.5 Å². The Kier molecular flexibility index (Phi) is 10.5. The summed E-state index contributed by atoms with van der Waals surface area (Å²) in [5.41, 5.74) is 12.0. The lowest BCUT2D eigenvalue weighted by molar-refractivity contribution is -0.139. The van der Waals surface area contributed by atoms with Crippen molar-refractivity contribution in [2.45, 2.75) is 37.8 Å². The third-order valence-electron chi connectivity index (χ3n) is 6.00. The molecule has 8 N–H and O–H groups in total. The molecule has 0 bridgehead atoms. The minimum Gasteiger partial charge on any atom is -0.497 e. The first-order chi connectivity index (χ1) is 16.3. The van der Waals surface area contributed by atoms with Gasteiger partial charge >= 0.3 is 5.97 Å². The van der Waals surface area contributed by atoms with Gasteiger partial charge in [0.25, 0.3) is 5.91 Å². The molecule has 1 aliphatic rings. The Morgan fingerprint density at radius 2 is 1.74 bits per heavy atom. The van der Waals surface area contributed by atoms with Crippen molar-refractivity contribution in [1.82, 2.24) is 10.6 Å². The Labute approximate surface area is 200 Å². The van der Waals surface area contributed by atoms with Crippen molar-refractivity contribution in [2.24, 2.45) is 17.4 Å². The van der Waals surface area contributed by atoms with Gasteiger partial charge in [-0.05, 0) is 75.0 Å². The number of aliphatic carboxylic acids is 1. The number of hydrogen-bond donors (Lipinski definition) is 6. The van der Waals surface area contributed by atoms with Crippen LogP contribution in [0, 0.1) is 11.3 Å². The van der Waals surface area contributed by atoms with Crippen LogP contribution < -0.4 is 26.8 Å². The first-order valence-electron chi connectivity index (χ1n) is 11.3. The van der Waals surface area contributed by atoms with Crippen molar-refractivity contribution in [3.05, 3.63) is 65.2 Å². The molecule has 34 heavy (non-hydrogen) atoms. The van der Waals surface area contributed by atoms with E-state index in [0.717, 1.165) is 18.5 Å². The molecule has 9 heteroatoms. The van der Waals surface area contributed by atoms with Gasteiger partial charge in [0.1, 0.15) is 11.6 Å². The first-order valence-corrected chi connectivity index (χ1v) is 11.3. The van der Waals surface area contributed by atoms with Crippen LogP contribution in [0.5, 0.6) is 5.75 Å². The highest BCUT2D eigenvalue weighted by atomic mass is 16.5. The van der Waals surface area contributed by atoms with Crippen LogP contribution in [-0.4, -0.2) is 49.6 Å².